The molecule has 1 aliphatic heterocycles. The highest BCUT2D eigenvalue weighted by molar-refractivity contribution is 5.61. The van der Waals surface area contributed by atoms with E-state index in [-0.39, 0.29) is 11.9 Å². The van der Waals surface area contributed by atoms with Crippen molar-refractivity contribution < 1.29 is 13.2 Å². The number of alkyl halides is 3. The fourth-order valence-corrected chi connectivity index (χ4v) is 3.88. The zero-order chi connectivity index (χ0) is 25.3. The van der Waals surface area contributed by atoms with Crippen molar-refractivity contribution in [3.63, 3.8) is 0 Å². The Hall–Kier alpha value is -3.43. The SMILES string of the molecule is Cc1ccc(-c2nc(N3CCN(c4ncccc4C(F)(F)F)CC3)nc(N(C)C(C)C)n2)cc1C. The predicted molar refractivity (Wildman–Crippen MR) is 132 cm³/mol. The van der Waals surface area contributed by atoms with Crippen LogP contribution in [0.3, 0.4) is 0 Å². The van der Waals surface area contributed by atoms with Gasteiger partial charge in [0.05, 0.1) is 5.56 Å². The van der Waals surface area contributed by atoms with Gasteiger partial charge >= 0.3 is 6.18 Å². The summed E-state index contributed by atoms with van der Waals surface area (Å²) >= 11 is 0. The lowest BCUT2D eigenvalue weighted by Gasteiger charge is -2.36. The van der Waals surface area contributed by atoms with Crippen LogP contribution < -0.4 is 14.7 Å². The van der Waals surface area contributed by atoms with Crippen LogP contribution in [-0.2, 0) is 6.18 Å². The first-order valence-electron chi connectivity index (χ1n) is 11.6. The van der Waals surface area contributed by atoms with Crippen LogP contribution in [0.2, 0.25) is 0 Å². The summed E-state index contributed by atoms with van der Waals surface area (Å²) in [6.07, 6.45) is -3.06. The van der Waals surface area contributed by atoms with Gasteiger partial charge in [0.1, 0.15) is 5.82 Å². The maximum atomic E-state index is 13.5. The van der Waals surface area contributed by atoms with Gasteiger partial charge in [-0.2, -0.15) is 28.1 Å². The van der Waals surface area contributed by atoms with E-state index in [2.05, 4.69) is 31.8 Å². The maximum absolute atomic E-state index is 13.5. The number of rotatable bonds is 5. The number of hydrogen-bond acceptors (Lipinski definition) is 7. The van der Waals surface area contributed by atoms with E-state index in [1.807, 2.05) is 35.9 Å². The van der Waals surface area contributed by atoms with Crippen LogP contribution in [0.25, 0.3) is 11.4 Å². The molecule has 3 heterocycles. The molecule has 1 saturated heterocycles. The molecule has 0 bridgehead atoms. The van der Waals surface area contributed by atoms with Crippen LogP contribution in [-0.4, -0.2) is 59.2 Å². The van der Waals surface area contributed by atoms with Crippen LogP contribution >= 0.6 is 0 Å². The lowest BCUT2D eigenvalue weighted by molar-refractivity contribution is -0.137. The predicted octanol–water partition coefficient (Wildman–Crippen LogP) is 4.74. The van der Waals surface area contributed by atoms with Gasteiger partial charge in [0.15, 0.2) is 5.82 Å². The molecular weight excluding hydrogens is 455 g/mol. The van der Waals surface area contributed by atoms with Crippen molar-refractivity contribution in [2.45, 2.75) is 39.9 Å². The second-order valence-corrected chi connectivity index (χ2v) is 9.11. The molecule has 0 aliphatic carbocycles. The number of hydrogen-bond donors (Lipinski definition) is 0. The highest BCUT2D eigenvalue weighted by atomic mass is 19.4. The quantitative estimate of drug-likeness (QED) is 0.517. The minimum absolute atomic E-state index is 0.0358. The van der Waals surface area contributed by atoms with Crippen LogP contribution in [0.5, 0.6) is 0 Å². The summed E-state index contributed by atoms with van der Waals surface area (Å²) in [5, 5.41) is 0. The molecule has 0 radical (unpaired) electrons. The molecule has 4 rings (SSSR count). The summed E-state index contributed by atoms with van der Waals surface area (Å²) in [5.74, 6) is 1.62. The molecule has 0 atom stereocenters. The smallest absolute Gasteiger partial charge is 0.353 e. The number of aromatic nitrogens is 4. The van der Waals surface area contributed by atoms with E-state index in [0.29, 0.717) is 43.9 Å². The van der Waals surface area contributed by atoms with E-state index < -0.39 is 11.7 Å². The Bertz CT molecular complexity index is 1190. The average Bonchev–Trinajstić information content (AvgIpc) is 2.84. The average molecular weight is 486 g/mol. The molecule has 0 unspecified atom stereocenters. The maximum Gasteiger partial charge on any atom is 0.419 e. The first kappa shape index (κ1) is 24.7. The molecule has 10 heteroatoms. The van der Waals surface area contributed by atoms with E-state index in [1.165, 1.54) is 17.8 Å². The van der Waals surface area contributed by atoms with Gasteiger partial charge in [0, 0.05) is 51.0 Å². The van der Waals surface area contributed by atoms with Crippen LogP contribution in [0.15, 0.2) is 36.5 Å². The third-order valence-electron chi connectivity index (χ3n) is 6.42. The van der Waals surface area contributed by atoms with Crippen molar-refractivity contribution in [3.05, 3.63) is 53.2 Å². The molecular formula is C25H30F3N7. The number of benzene rings is 1. The van der Waals surface area contributed by atoms with E-state index in [4.69, 9.17) is 15.0 Å². The minimum atomic E-state index is -4.45. The van der Waals surface area contributed by atoms with Gasteiger partial charge in [-0.25, -0.2) is 4.98 Å². The third kappa shape index (κ3) is 5.31. The molecule has 0 N–H and O–H groups in total. The normalized spacial score (nSPS) is 14.5. The van der Waals surface area contributed by atoms with Gasteiger partial charge in [0.2, 0.25) is 11.9 Å². The largest absolute Gasteiger partial charge is 0.419 e. The molecule has 7 nitrogen and oxygen atoms in total. The molecule has 3 aromatic rings. The van der Waals surface area contributed by atoms with Gasteiger partial charge in [-0.3, -0.25) is 0 Å². The standard InChI is InChI=1S/C25H30F3N7/c1-16(2)33(5)23-30-21(19-9-8-17(3)18(4)15-19)31-24(32-23)35-13-11-34(12-14-35)22-20(25(26,27)28)7-6-10-29-22/h6-10,15-16H,11-14H2,1-5H3. The number of pyridine rings is 1. The molecule has 186 valence electrons. The zero-order valence-corrected chi connectivity index (χ0v) is 20.6. The number of halogens is 3. The van der Waals surface area contributed by atoms with Crippen molar-refractivity contribution in [2.75, 3.05) is 47.9 Å². The summed E-state index contributed by atoms with van der Waals surface area (Å²) < 4.78 is 40.4. The summed E-state index contributed by atoms with van der Waals surface area (Å²) in [5.41, 5.74) is 2.52. The van der Waals surface area contributed by atoms with Crippen molar-refractivity contribution in [2.24, 2.45) is 0 Å². The van der Waals surface area contributed by atoms with E-state index in [1.54, 1.807) is 4.90 Å². The highest BCUT2D eigenvalue weighted by Gasteiger charge is 2.36. The van der Waals surface area contributed by atoms with Crippen molar-refractivity contribution >= 4 is 17.7 Å². The molecule has 0 saturated carbocycles. The molecule has 0 spiro atoms. The van der Waals surface area contributed by atoms with E-state index >= 15 is 0 Å². The second-order valence-electron chi connectivity index (χ2n) is 9.11. The Kier molecular flexibility index (Phi) is 6.82. The Balaban J connectivity index is 1.63. The first-order valence-corrected chi connectivity index (χ1v) is 11.6. The third-order valence-corrected chi connectivity index (χ3v) is 6.42. The van der Waals surface area contributed by atoms with Crippen molar-refractivity contribution in [1.82, 2.24) is 19.9 Å². The summed E-state index contributed by atoms with van der Waals surface area (Å²) in [7, 11) is 1.94. The first-order chi connectivity index (χ1) is 16.5. The summed E-state index contributed by atoms with van der Waals surface area (Å²) in [6.45, 7) is 9.91. The van der Waals surface area contributed by atoms with Gasteiger partial charge in [-0.05, 0) is 57.0 Å². The van der Waals surface area contributed by atoms with Crippen molar-refractivity contribution in [3.8, 4) is 11.4 Å². The molecule has 35 heavy (non-hydrogen) atoms. The fraction of sp³-hybridized carbons (Fsp3) is 0.440. The Labute approximate surface area is 203 Å². The fourth-order valence-electron chi connectivity index (χ4n) is 3.88. The van der Waals surface area contributed by atoms with E-state index in [9.17, 15) is 13.2 Å². The number of nitrogens with zero attached hydrogens (tertiary/aromatic N) is 7. The van der Waals surface area contributed by atoms with Crippen LogP contribution in [0.4, 0.5) is 30.9 Å². The lowest BCUT2D eigenvalue weighted by atomic mass is 10.1. The van der Waals surface area contributed by atoms with Gasteiger partial charge in [-0.15, -0.1) is 0 Å². The molecule has 1 fully saturated rings. The number of anilines is 3. The van der Waals surface area contributed by atoms with Gasteiger partial charge in [0.25, 0.3) is 0 Å². The topological polar surface area (TPSA) is 61.3 Å². The molecule has 2 aromatic heterocycles. The van der Waals surface area contributed by atoms with Gasteiger partial charge < -0.3 is 14.7 Å². The monoisotopic (exact) mass is 485 g/mol. The van der Waals surface area contributed by atoms with Crippen molar-refractivity contribution in [1.29, 1.82) is 0 Å². The molecule has 1 aromatic carbocycles. The summed E-state index contributed by atoms with van der Waals surface area (Å²) in [4.78, 5) is 23.9. The van der Waals surface area contributed by atoms with Gasteiger partial charge in [-0.1, -0.05) is 12.1 Å². The Morgan fingerprint density at radius 1 is 0.914 bits per heavy atom. The summed E-state index contributed by atoms with van der Waals surface area (Å²) in [6, 6.07) is 8.67. The van der Waals surface area contributed by atoms with Crippen LogP contribution in [0.1, 0.15) is 30.5 Å². The molecule has 1 aliphatic rings. The second kappa shape index (κ2) is 9.67. The highest BCUT2D eigenvalue weighted by Crippen LogP contribution is 2.35. The number of aryl methyl sites for hydroxylation is 2. The number of piperazine rings is 1. The van der Waals surface area contributed by atoms with Crippen LogP contribution in [0, 0.1) is 13.8 Å². The Morgan fingerprint density at radius 3 is 2.23 bits per heavy atom. The minimum Gasteiger partial charge on any atom is -0.353 e. The Morgan fingerprint density at radius 2 is 1.60 bits per heavy atom. The van der Waals surface area contributed by atoms with E-state index in [0.717, 1.165) is 17.2 Å². The zero-order valence-electron chi connectivity index (χ0n) is 20.6. The molecule has 0 amide bonds. The lowest BCUT2D eigenvalue weighted by Crippen LogP contribution is -2.48.